The molecule has 0 radical (unpaired) electrons. The molecule has 0 unspecified atom stereocenters. The van der Waals surface area contributed by atoms with Crippen LogP contribution in [0, 0.1) is 0 Å². The third-order valence-electron chi connectivity index (χ3n) is 3.80. The monoisotopic (exact) mass is 374 g/mol. The fraction of sp³-hybridized carbons (Fsp3) is 0.167. The first-order valence-corrected chi connectivity index (χ1v) is 8.47. The maximum atomic E-state index is 12.2. The summed E-state index contributed by atoms with van der Waals surface area (Å²) in [6.07, 6.45) is 3.37. The van der Waals surface area contributed by atoms with E-state index in [0.717, 1.165) is 16.8 Å². The molecule has 128 valence electrons. The van der Waals surface area contributed by atoms with Crippen LogP contribution in [0.25, 0.3) is 5.69 Å². The van der Waals surface area contributed by atoms with Crippen molar-refractivity contribution in [1.82, 2.24) is 20.1 Å². The molecule has 2 aromatic carbocycles. The Hall–Kier alpha value is -2.37. The van der Waals surface area contributed by atoms with E-state index in [1.807, 2.05) is 31.2 Å². The molecule has 1 amide bonds. The van der Waals surface area contributed by atoms with Crippen LogP contribution in [0.3, 0.4) is 0 Å². The van der Waals surface area contributed by atoms with E-state index in [1.165, 1.54) is 6.33 Å². The number of hydrogen-bond acceptors (Lipinski definition) is 3. The molecule has 0 spiro atoms. The topological polar surface area (TPSA) is 59.8 Å². The molecule has 5 nitrogen and oxygen atoms in total. The summed E-state index contributed by atoms with van der Waals surface area (Å²) in [7, 11) is 0. The summed E-state index contributed by atoms with van der Waals surface area (Å²) in [6.45, 7) is 1.94. The Kier molecular flexibility index (Phi) is 5.36. The number of carbonyl (C=O) groups excluding carboxylic acids is 1. The predicted molar refractivity (Wildman–Crippen MR) is 98.1 cm³/mol. The maximum absolute atomic E-state index is 12.2. The first-order chi connectivity index (χ1) is 12.0. The average Bonchev–Trinajstić information content (AvgIpc) is 3.13. The zero-order valence-electron chi connectivity index (χ0n) is 13.5. The highest BCUT2D eigenvalue weighted by Crippen LogP contribution is 2.23. The lowest BCUT2D eigenvalue weighted by Gasteiger charge is -2.15. The Morgan fingerprint density at radius 1 is 1.16 bits per heavy atom. The van der Waals surface area contributed by atoms with Crippen molar-refractivity contribution in [2.24, 2.45) is 0 Å². The summed E-state index contributed by atoms with van der Waals surface area (Å²) in [4.78, 5) is 16.2. The Morgan fingerprint density at radius 2 is 1.92 bits per heavy atom. The van der Waals surface area contributed by atoms with Crippen molar-refractivity contribution in [2.45, 2.75) is 19.4 Å². The zero-order valence-corrected chi connectivity index (χ0v) is 15.0. The number of nitrogens with zero attached hydrogens (tertiary/aromatic N) is 3. The van der Waals surface area contributed by atoms with E-state index in [0.29, 0.717) is 10.0 Å². The third kappa shape index (κ3) is 4.38. The number of rotatable bonds is 5. The molecule has 3 aromatic rings. The molecule has 1 aromatic heterocycles. The Balaban J connectivity index is 1.62. The molecule has 1 atom stereocenters. The van der Waals surface area contributed by atoms with E-state index < -0.39 is 0 Å². The van der Waals surface area contributed by atoms with Gasteiger partial charge in [-0.1, -0.05) is 41.4 Å². The molecule has 1 heterocycles. The van der Waals surface area contributed by atoms with Crippen molar-refractivity contribution >= 4 is 29.1 Å². The van der Waals surface area contributed by atoms with Crippen LogP contribution in [0.2, 0.25) is 10.0 Å². The van der Waals surface area contributed by atoms with Crippen LogP contribution < -0.4 is 5.32 Å². The van der Waals surface area contributed by atoms with Crippen LogP contribution in [-0.2, 0) is 11.2 Å². The number of carbonyl (C=O) groups is 1. The van der Waals surface area contributed by atoms with Crippen LogP contribution in [0.5, 0.6) is 0 Å². The average molecular weight is 375 g/mol. The quantitative estimate of drug-likeness (QED) is 0.734. The van der Waals surface area contributed by atoms with E-state index in [4.69, 9.17) is 23.2 Å². The highest BCUT2D eigenvalue weighted by molar-refractivity contribution is 6.42. The van der Waals surface area contributed by atoms with Gasteiger partial charge < -0.3 is 5.32 Å². The van der Waals surface area contributed by atoms with E-state index in [2.05, 4.69) is 15.4 Å². The normalized spacial score (nSPS) is 12.0. The van der Waals surface area contributed by atoms with Crippen molar-refractivity contribution in [1.29, 1.82) is 0 Å². The summed E-state index contributed by atoms with van der Waals surface area (Å²) in [5, 5.41) is 7.99. The second kappa shape index (κ2) is 7.68. The molecule has 0 saturated heterocycles. The first-order valence-electron chi connectivity index (χ1n) is 7.71. The zero-order chi connectivity index (χ0) is 17.8. The number of hydrogen-bond donors (Lipinski definition) is 1. The third-order valence-corrected chi connectivity index (χ3v) is 4.54. The van der Waals surface area contributed by atoms with Gasteiger partial charge in [-0.15, -0.1) is 0 Å². The second-order valence-electron chi connectivity index (χ2n) is 5.65. The molecular weight excluding hydrogens is 359 g/mol. The van der Waals surface area contributed by atoms with Crippen molar-refractivity contribution in [3.8, 4) is 5.69 Å². The summed E-state index contributed by atoms with van der Waals surface area (Å²) >= 11 is 11.9. The summed E-state index contributed by atoms with van der Waals surface area (Å²) in [6, 6.07) is 12.9. The molecule has 7 heteroatoms. The molecule has 0 saturated carbocycles. The van der Waals surface area contributed by atoms with Crippen LogP contribution >= 0.6 is 23.2 Å². The van der Waals surface area contributed by atoms with Gasteiger partial charge in [-0.25, -0.2) is 9.67 Å². The Labute approximate surface area is 155 Å². The number of aromatic nitrogens is 3. The molecule has 0 fully saturated rings. The SMILES string of the molecule is C[C@H](NC(=O)Cc1ccc(Cl)c(Cl)c1)c1ccc(-n2cncn2)cc1. The minimum atomic E-state index is -0.111. The minimum Gasteiger partial charge on any atom is -0.349 e. The van der Waals surface area contributed by atoms with Gasteiger partial charge in [0.05, 0.1) is 28.2 Å². The Bertz CT molecular complexity index is 863. The lowest BCUT2D eigenvalue weighted by Crippen LogP contribution is -2.28. The van der Waals surface area contributed by atoms with Gasteiger partial charge in [-0.2, -0.15) is 5.10 Å². The number of amides is 1. The van der Waals surface area contributed by atoms with Gasteiger partial charge >= 0.3 is 0 Å². The number of halogens is 2. The van der Waals surface area contributed by atoms with Crippen molar-refractivity contribution in [3.63, 3.8) is 0 Å². The van der Waals surface area contributed by atoms with Gasteiger partial charge in [0.1, 0.15) is 12.7 Å². The summed E-state index contributed by atoms with van der Waals surface area (Å²) < 4.78 is 1.68. The van der Waals surface area contributed by atoms with Crippen molar-refractivity contribution < 1.29 is 4.79 Å². The molecule has 0 aliphatic carbocycles. The standard InChI is InChI=1S/C18H16Cl2N4O/c1-12(14-3-5-15(6-4-14)24-11-21-10-22-24)23-18(25)9-13-2-7-16(19)17(20)8-13/h2-8,10-12H,9H2,1H3,(H,23,25)/t12-/m0/s1. The van der Waals surface area contributed by atoms with Crippen molar-refractivity contribution in [3.05, 3.63) is 76.3 Å². The van der Waals surface area contributed by atoms with Crippen LogP contribution in [0.1, 0.15) is 24.1 Å². The lowest BCUT2D eigenvalue weighted by molar-refractivity contribution is -0.121. The van der Waals surface area contributed by atoms with Gasteiger partial charge in [-0.3, -0.25) is 4.79 Å². The number of nitrogens with one attached hydrogen (secondary N) is 1. The fourth-order valence-electron chi connectivity index (χ4n) is 2.47. The largest absolute Gasteiger partial charge is 0.349 e. The smallest absolute Gasteiger partial charge is 0.224 e. The van der Waals surface area contributed by atoms with Crippen molar-refractivity contribution in [2.75, 3.05) is 0 Å². The van der Waals surface area contributed by atoms with E-state index >= 15 is 0 Å². The molecule has 1 N–H and O–H groups in total. The minimum absolute atomic E-state index is 0.0776. The number of benzene rings is 2. The summed E-state index contributed by atoms with van der Waals surface area (Å²) in [5.41, 5.74) is 2.74. The predicted octanol–water partition coefficient (Wildman–Crippen LogP) is 3.99. The lowest BCUT2D eigenvalue weighted by atomic mass is 10.1. The highest BCUT2D eigenvalue weighted by Gasteiger charge is 2.11. The van der Waals surface area contributed by atoms with E-state index in [-0.39, 0.29) is 18.4 Å². The maximum Gasteiger partial charge on any atom is 0.224 e. The molecule has 25 heavy (non-hydrogen) atoms. The fourth-order valence-corrected chi connectivity index (χ4v) is 2.79. The van der Waals surface area contributed by atoms with Crippen LogP contribution in [-0.4, -0.2) is 20.7 Å². The highest BCUT2D eigenvalue weighted by atomic mass is 35.5. The molecule has 0 aliphatic heterocycles. The van der Waals surface area contributed by atoms with Crippen LogP contribution in [0.15, 0.2) is 55.1 Å². The Morgan fingerprint density at radius 3 is 2.56 bits per heavy atom. The van der Waals surface area contributed by atoms with Gasteiger partial charge in [0, 0.05) is 0 Å². The summed E-state index contributed by atoms with van der Waals surface area (Å²) in [5.74, 6) is -0.0776. The molecule has 0 aliphatic rings. The molecule has 3 rings (SSSR count). The van der Waals surface area contributed by atoms with E-state index in [9.17, 15) is 4.79 Å². The van der Waals surface area contributed by atoms with Crippen LogP contribution in [0.4, 0.5) is 0 Å². The van der Waals surface area contributed by atoms with E-state index in [1.54, 1.807) is 29.2 Å². The molecule has 0 bridgehead atoms. The molecular formula is C18H16Cl2N4O. The van der Waals surface area contributed by atoms with Gasteiger partial charge in [0.15, 0.2) is 0 Å². The van der Waals surface area contributed by atoms with Gasteiger partial charge in [-0.05, 0) is 42.3 Å². The first kappa shape index (κ1) is 17.5. The van der Waals surface area contributed by atoms with Gasteiger partial charge in [0.2, 0.25) is 5.91 Å². The second-order valence-corrected chi connectivity index (χ2v) is 6.46. The van der Waals surface area contributed by atoms with Gasteiger partial charge in [0.25, 0.3) is 0 Å².